The molecule has 0 saturated carbocycles. The summed E-state index contributed by atoms with van der Waals surface area (Å²) in [6.45, 7) is 2.72. The van der Waals surface area contributed by atoms with Gasteiger partial charge >= 0.3 is 0 Å². The summed E-state index contributed by atoms with van der Waals surface area (Å²) in [5.74, 6) is 0.230. The molecule has 3 heteroatoms. The van der Waals surface area contributed by atoms with Crippen molar-refractivity contribution in [1.29, 1.82) is 0 Å². The molecule has 0 amide bonds. The number of hydrogen-bond acceptors (Lipinski definition) is 2. The van der Waals surface area contributed by atoms with Crippen LogP contribution in [0.1, 0.15) is 34.5 Å². The SMILES string of the molecule is Cc1ccc2c(c1)c(CCN)c1n2C(=O)CCC1. The molecule has 1 aromatic carbocycles. The standard InChI is InChI=1S/C15H18N2O/c1-10-5-6-14-12(9-10)11(7-8-16)13-3-2-4-15(18)17(13)14/h5-6,9H,2-4,7-8,16H2,1H3. The van der Waals surface area contributed by atoms with Crippen LogP contribution in [0.2, 0.25) is 0 Å². The Morgan fingerprint density at radius 3 is 2.94 bits per heavy atom. The Hall–Kier alpha value is -1.61. The maximum atomic E-state index is 12.1. The van der Waals surface area contributed by atoms with Crippen molar-refractivity contribution in [3.63, 3.8) is 0 Å². The van der Waals surface area contributed by atoms with E-state index in [0.717, 1.165) is 24.8 Å². The van der Waals surface area contributed by atoms with Crippen LogP contribution in [0.25, 0.3) is 10.9 Å². The number of rotatable bonds is 2. The third kappa shape index (κ3) is 1.58. The van der Waals surface area contributed by atoms with Crippen LogP contribution in [0.4, 0.5) is 0 Å². The molecule has 0 atom stereocenters. The summed E-state index contributed by atoms with van der Waals surface area (Å²) in [6.07, 6.45) is 3.47. The number of carbonyl (C=O) groups excluding carboxylic acids is 1. The lowest BCUT2D eigenvalue weighted by Gasteiger charge is -2.15. The predicted molar refractivity (Wildman–Crippen MR) is 73.0 cm³/mol. The molecule has 0 aliphatic carbocycles. The van der Waals surface area contributed by atoms with E-state index in [1.807, 2.05) is 4.57 Å². The van der Waals surface area contributed by atoms with Crippen molar-refractivity contribution < 1.29 is 4.79 Å². The predicted octanol–water partition coefficient (Wildman–Crippen LogP) is 2.43. The molecule has 1 aromatic heterocycles. The minimum absolute atomic E-state index is 0.230. The monoisotopic (exact) mass is 242 g/mol. The van der Waals surface area contributed by atoms with Gasteiger partial charge in [0, 0.05) is 17.5 Å². The molecule has 0 unspecified atom stereocenters. The largest absolute Gasteiger partial charge is 0.330 e. The van der Waals surface area contributed by atoms with Crippen LogP contribution < -0.4 is 5.73 Å². The van der Waals surface area contributed by atoms with E-state index in [0.29, 0.717) is 13.0 Å². The van der Waals surface area contributed by atoms with E-state index in [1.54, 1.807) is 0 Å². The Labute approximate surface area is 107 Å². The third-order valence-electron chi connectivity index (χ3n) is 3.78. The summed E-state index contributed by atoms with van der Waals surface area (Å²) in [5.41, 5.74) is 10.5. The molecule has 1 aliphatic heterocycles. The van der Waals surface area contributed by atoms with E-state index in [-0.39, 0.29) is 5.91 Å². The summed E-state index contributed by atoms with van der Waals surface area (Å²) in [5, 5.41) is 1.21. The fourth-order valence-corrected chi connectivity index (χ4v) is 3.01. The Morgan fingerprint density at radius 1 is 1.33 bits per heavy atom. The highest BCUT2D eigenvalue weighted by atomic mass is 16.2. The van der Waals surface area contributed by atoms with E-state index in [4.69, 9.17) is 5.73 Å². The average Bonchev–Trinajstić information content (AvgIpc) is 2.66. The maximum absolute atomic E-state index is 12.1. The van der Waals surface area contributed by atoms with Crippen molar-refractivity contribution in [2.45, 2.75) is 32.6 Å². The van der Waals surface area contributed by atoms with E-state index >= 15 is 0 Å². The quantitative estimate of drug-likeness (QED) is 0.879. The molecule has 0 saturated heterocycles. The van der Waals surface area contributed by atoms with Gasteiger partial charge in [-0.1, -0.05) is 11.6 Å². The lowest BCUT2D eigenvalue weighted by Crippen LogP contribution is -2.19. The second-order valence-corrected chi connectivity index (χ2v) is 5.07. The van der Waals surface area contributed by atoms with Gasteiger partial charge in [0.2, 0.25) is 5.91 Å². The fourth-order valence-electron chi connectivity index (χ4n) is 3.01. The molecule has 0 radical (unpaired) electrons. The second-order valence-electron chi connectivity index (χ2n) is 5.07. The Morgan fingerprint density at radius 2 is 2.17 bits per heavy atom. The first-order chi connectivity index (χ1) is 8.72. The smallest absolute Gasteiger partial charge is 0.231 e. The zero-order valence-corrected chi connectivity index (χ0v) is 10.7. The van der Waals surface area contributed by atoms with Gasteiger partial charge in [0.15, 0.2) is 0 Å². The number of nitrogens with two attached hydrogens (primary N) is 1. The van der Waals surface area contributed by atoms with Gasteiger partial charge in [-0.2, -0.15) is 0 Å². The normalized spacial score (nSPS) is 15.1. The topological polar surface area (TPSA) is 48.0 Å². The highest BCUT2D eigenvalue weighted by Crippen LogP contribution is 2.31. The molecule has 1 aliphatic rings. The lowest BCUT2D eigenvalue weighted by atomic mass is 10.0. The molecule has 3 nitrogen and oxygen atoms in total. The van der Waals surface area contributed by atoms with Crippen LogP contribution in [0, 0.1) is 6.92 Å². The van der Waals surface area contributed by atoms with Crippen molar-refractivity contribution in [2.24, 2.45) is 5.73 Å². The molecule has 3 rings (SSSR count). The highest BCUT2D eigenvalue weighted by Gasteiger charge is 2.23. The van der Waals surface area contributed by atoms with Gasteiger partial charge in [0.25, 0.3) is 0 Å². The number of fused-ring (bicyclic) bond motifs is 3. The summed E-state index contributed by atoms with van der Waals surface area (Å²) >= 11 is 0. The van der Waals surface area contributed by atoms with E-state index in [1.165, 1.54) is 22.2 Å². The van der Waals surface area contributed by atoms with Gasteiger partial charge in [-0.05, 0) is 50.4 Å². The van der Waals surface area contributed by atoms with Crippen LogP contribution >= 0.6 is 0 Å². The first-order valence-corrected chi connectivity index (χ1v) is 6.58. The molecule has 2 N–H and O–H groups in total. The molecule has 0 bridgehead atoms. The minimum atomic E-state index is 0.230. The third-order valence-corrected chi connectivity index (χ3v) is 3.78. The number of aryl methyl sites for hydroxylation is 1. The van der Waals surface area contributed by atoms with Crippen molar-refractivity contribution >= 4 is 16.8 Å². The fraction of sp³-hybridized carbons (Fsp3) is 0.400. The lowest BCUT2D eigenvalue weighted by molar-refractivity contribution is 0.0889. The summed E-state index contributed by atoms with van der Waals surface area (Å²) in [6, 6.07) is 6.32. The van der Waals surface area contributed by atoms with Crippen LogP contribution in [-0.4, -0.2) is 17.0 Å². The van der Waals surface area contributed by atoms with Crippen molar-refractivity contribution in [3.05, 3.63) is 35.0 Å². The molecular formula is C15H18N2O. The van der Waals surface area contributed by atoms with Crippen molar-refractivity contribution in [2.75, 3.05) is 6.54 Å². The van der Waals surface area contributed by atoms with Gasteiger partial charge in [-0.3, -0.25) is 9.36 Å². The van der Waals surface area contributed by atoms with E-state index < -0.39 is 0 Å². The van der Waals surface area contributed by atoms with Crippen LogP contribution in [0.15, 0.2) is 18.2 Å². The zero-order chi connectivity index (χ0) is 12.7. The van der Waals surface area contributed by atoms with Crippen LogP contribution in [0.3, 0.4) is 0 Å². The number of hydrogen-bond donors (Lipinski definition) is 1. The van der Waals surface area contributed by atoms with Gasteiger partial charge in [-0.15, -0.1) is 0 Å². The number of nitrogens with zero attached hydrogens (tertiary/aromatic N) is 1. The molecule has 2 aromatic rings. The van der Waals surface area contributed by atoms with Crippen LogP contribution in [0.5, 0.6) is 0 Å². The molecule has 94 valence electrons. The Kier molecular flexibility index (Phi) is 2.71. The molecule has 18 heavy (non-hydrogen) atoms. The Bertz CT molecular complexity index is 625. The van der Waals surface area contributed by atoms with Crippen molar-refractivity contribution in [3.8, 4) is 0 Å². The van der Waals surface area contributed by atoms with E-state index in [2.05, 4.69) is 25.1 Å². The van der Waals surface area contributed by atoms with Crippen molar-refractivity contribution in [1.82, 2.24) is 4.57 Å². The first kappa shape index (κ1) is 11.5. The summed E-state index contributed by atoms with van der Waals surface area (Å²) in [7, 11) is 0. The van der Waals surface area contributed by atoms with Gasteiger partial charge in [0.05, 0.1) is 5.52 Å². The van der Waals surface area contributed by atoms with Gasteiger partial charge in [0.1, 0.15) is 0 Å². The number of aromatic nitrogens is 1. The van der Waals surface area contributed by atoms with Gasteiger partial charge < -0.3 is 5.73 Å². The highest BCUT2D eigenvalue weighted by molar-refractivity contribution is 5.97. The summed E-state index contributed by atoms with van der Waals surface area (Å²) in [4.78, 5) is 12.1. The molecule has 2 heterocycles. The number of benzene rings is 1. The van der Waals surface area contributed by atoms with Gasteiger partial charge in [-0.25, -0.2) is 0 Å². The van der Waals surface area contributed by atoms with E-state index in [9.17, 15) is 4.79 Å². The Balaban J connectivity index is 2.36. The first-order valence-electron chi connectivity index (χ1n) is 6.58. The van der Waals surface area contributed by atoms with Crippen LogP contribution in [-0.2, 0) is 12.8 Å². The second kappa shape index (κ2) is 4.25. The average molecular weight is 242 g/mol. The zero-order valence-electron chi connectivity index (χ0n) is 10.7. The molecule has 0 spiro atoms. The minimum Gasteiger partial charge on any atom is -0.330 e. The number of carbonyl (C=O) groups is 1. The summed E-state index contributed by atoms with van der Waals surface area (Å²) < 4.78 is 1.92. The maximum Gasteiger partial charge on any atom is 0.231 e. The molecule has 0 fully saturated rings. The molecular weight excluding hydrogens is 224 g/mol.